The second-order valence-electron chi connectivity index (χ2n) is 4.75. The average molecular weight is 202 g/mol. The maximum atomic E-state index is 5.86. The molecule has 15 heavy (non-hydrogen) atoms. The summed E-state index contributed by atoms with van der Waals surface area (Å²) in [6.45, 7) is 8.72. The van der Waals surface area contributed by atoms with E-state index < -0.39 is 0 Å². The quantitative estimate of drug-likeness (QED) is 0.709. The Labute approximate surface area is 91.1 Å². The molecule has 0 saturated carbocycles. The second-order valence-corrected chi connectivity index (χ2v) is 4.75. The van der Waals surface area contributed by atoms with Gasteiger partial charge in [0.05, 0.1) is 0 Å². The van der Waals surface area contributed by atoms with Gasteiger partial charge >= 0.3 is 0 Å². The van der Waals surface area contributed by atoms with Crippen molar-refractivity contribution < 1.29 is 4.42 Å². The van der Waals surface area contributed by atoms with E-state index in [1.165, 1.54) is 16.5 Å². The van der Waals surface area contributed by atoms with Crippen LogP contribution in [-0.4, -0.2) is 0 Å². The van der Waals surface area contributed by atoms with E-state index in [1.807, 2.05) is 0 Å². The van der Waals surface area contributed by atoms with Crippen molar-refractivity contribution in [3.8, 4) is 0 Å². The van der Waals surface area contributed by atoms with E-state index in [0.29, 0.717) is 5.92 Å². The molecule has 0 aliphatic carbocycles. The number of rotatable bonds is 2. The SMILES string of the molecule is Cc1ccc2oc(CC(C)C)c(C)c2c1. The Hall–Kier alpha value is -1.24. The first-order valence-electron chi connectivity index (χ1n) is 5.56. The number of hydrogen-bond donors (Lipinski definition) is 0. The minimum atomic E-state index is 0.644. The number of hydrogen-bond acceptors (Lipinski definition) is 1. The van der Waals surface area contributed by atoms with Gasteiger partial charge in [0.15, 0.2) is 0 Å². The molecule has 0 aliphatic heterocycles. The molecule has 0 unspecified atom stereocenters. The smallest absolute Gasteiger partial charge is 0.134 e. The van der Waals surface area contributed by atoms with Gasteiger partial charge in [-0.2, -0.15) is 0 Å². The highest BCUT2D eigenvalue weighted by Crippen LogP contribution is 2.27. The summed E-state index contributed by atoms with van der Waals surface area (Å²) < 4.78 is 5.86. The molecular formula is C14H18O. The Morgan fingerprint density at radius 3 is 2.60 bits per heavy atom. The average Bonchev–Trinajstić information content (AvgIpc) is 2.44. The first-order chi connectivity index (χ1) is 7.08. The highest BCUT2D eigenvalue weighted by molar-refractivity contribution is 5.82. The Kier molecular flexibility index (Phi) is 2.56. The Morgan fingerprint density at radius 2 is 1.93 bits per heavy atom. The molecule has 0 aliphatic rings. The van der Waals surface area contributed by atoms with Crippen LogP contribution >= 0.6 is 0 Å². The first-order valence-corrected chi connectivity index (χ1v) is 5.56. The minimum Gasteiger partial charge on any atom is -0.461 e. The number of furan rings is 1. The highest BCUT2D eigenvalue weighted by Gasteiger charge is 2.11. The number of fused-ring (bicyclic) bond motifs is 1. The van der Waals surface area contributed by atoms with Gasteiger partial charge in [-0.15, -0.1) is 0 Å². The van der Waals surface area contributed by atoms with E-state index in [-0.39, 0.29) is 0 Å². The fourth-order valence-corrected chi connectivity index (χ4v) is 1.95. The van der Waals surface area contributed by atoms with Crippen LogP contribution < -0.4 is 0 Å². The van der Waals surface area contributed by atoms with E-state index in [9.17, 15) is 0 Å². The zero-order valence-electron chi connectivity index (χ0n) is 9.92. The van der Waals surface area contributed by atoms with Crippen molar-refractivity contribution in [3.05, 3.63) is 35.1 Å². The fraction of sp³-hybridized carbons (Fsp3) is 0.429. The van der Waals surface area contributed by atoms with Crippen molar-refractivity contribution in [1.82, 2.24) is 0 Å². The molecule has 1 aromatic carbocycles. The molecule has 2 rings (SSSR count). The molecule has 0 radical (unpaired) electrons. The summed E-state index contributed by atoms with van der Waals surface area (Å²) in [5.41, 5.74) is 3.62. The third-order valence-corrected chi connectivity index (χ3v) is 2.78. The lowest BCUT2D eigenvalue weighted by Gasteiger charge is -2.01. The third-order valence-electron chi connectivity index (χ3n) is 2.78. The lowest BCUT2D eigenvalue weighted by atomic mass is 10.0. The molecule has 0 saturated heterocycles. The minimum absolute atomic E-state index is 0.644. The van der Waals surface area contributed by atoms with Crippen molar-refractivity contribution in [2.75, 3.05) is 0 Å². The molecule has 0 atom stereocenters. The van der Waals surface area contributed by atoms with Gasteiger partial charge in [-0.05, 0) is 37.5 Å². The maximum Gasteiger partial charge on any atom is 0.134 e. The van der Waals surface area contributed by atoms with E-state index in [0.717, 1.165) is 17.8 Å². The zero-order valence-corrected chi connectivity index (χ0v) is 9.92. The first kappa shape index (κ1) is 10.3. The summed E-state index contributed by atoms with van der Waals surface area (Å²) in [4.78, 5) is 0. The summed E-state index contributed by atoms with van der Waals surface area (Å²) in [5.74, 6) is 1.79. The summed E-state index contributed by atoms with van der Waals surface area (Å²) in [5, 5.41) is 1.27. The predicted molar refractivity (Wildman–Crippen MR) is 64.2 cm³/mol. The molecule has 0 spiro atoms. The Bertz CT molecular complexity index is 477. The molecule has 1 aromatic heterocycles. The lowest BCUT2D eigenvalue weighted by Crippen LogP contribution is -1.93. The van der Waals surface area contributed by atoms with Gasteiger partial charge in [0.25, 0.3) is 0 Å². The van der Waals surface area contributed by atoms with Gasteiger partial charge < -0.3 is 4.42 Å². The van der Waals surface area contributed by atoms with Crippen LogP contribution in [0.4, 0.5) is 0 Å². The number of aryl methyl sites for hydroxylation is 2. The van der Waals surface area contributed by atoms with Gasteiger partial charge in [0, 0.05) is 11.8 Å². The molecule has 1 heterocycles. The van der Waals surface area contributed by atoms with Gasteiger partial charge in [-0.1, -0.05) is 25.5 Å². The van der Waals surface area contributed by atoms with E-state index in [2.05, 4.69) is 45.9 Å². The summed E-state index contributed by atoms with van der Waals surface area (Å²) in [6.07, 6.45) is 1.03. The van der Waals surface area contributed by atoms with Crippen LogP contribution in [0, 0.1) is 19.8 Å². The molecule has 0 bridgehead atoms. The molecule has 0 amide bonds. The summed E-state index contributed by atoms with van der Waals surface area (Å²) >= 11 is 0. The molecule has 80 valence electrons. The van der Waals surface area contributed by atoms with Crippen molar-refractivity contribution in [3.63, 3.8) is 0 Å². The van der Waals surface area contributed by atoms with Crippen molar-refractivity contribution >= 4 is 11.0 Å². The zero-order chi connectivity index (χ0) is 11.0. The van der Waals surface area contributed by atoms with Gasteiger partial charge in [-0.25, -0.2) is 0 Å². The van der Waals surface area contributed by atoms with Crippen LogP contribution in [-0.2, 0) is 6.42 Å². The van der Waals surface area contributed by atoms with Gasteiger partial charge in [-0.3, -0.25) is 0 Å². The second kappa shape index (κ2) is 3.73. The fourth-order valence-electron chi connectivity index (χ4n) is 1.95. The van der Waals surface area contributed by atoms with Crippen LogP contribution in [0.5, 0.6) is 0 Å². The topological polar surface area (TPSA) is 13.1 Å². The monoisotopic (exact) mass is 202 g/mol. The highest BCUT2D eigenvalue weighted by atomic mass is 16.3. The number of benzene rings is 1. The van der Waals surface area contributed by atoms with Crippen molar-refractivity contribution in [1.29, 1.82) is 0 Å². The molecule has 0 fully saturated rings. The van der Waals surface area contributed by atoms with Crippen molar-refractivity contribution in [2.45, 2.75) is 34.1 Å². The molecule has 1 nitrogen and oxygen atoms in total. The molecule has 2 aromatic rings. The predicted octanol–water partition coefficient (Wildman–Crippen LogP) is 4.25. The van der Waals surface area contributed by atoms with E-state index >= 15 is 0 Å². The molecule has 0 N–H and O–H groups in total. The largest absolute Gasteiger partial charge is 0.461 e. The van der Waals surface area contributed by atoms with Gasteiger partial charge in [0.2, 0.25) is 0 Å². The van der Waals surface area contributed by atoms with E-state index in [4.69, 9.17) is 4.42 Å². The van der Waals surface area contributed by atoms with Crippen LogP contribution in [0.25, 0.3) is 11.0 Å². The maximum absolute atomic E-state index is 5.86. The van der Waals surface area contributed by atoms with E-state index in [1.54, 1.807) is 0 Å². The summed E-state index contributed by atoms with van der Waals surface area (Å²) in [7, 11) is 0. The van der Waals surface area contributed by atoms with Crippen molar-refractivity contribution in [2.24, 2.45) is 5.92 Å². The Balaban J connectivity index is 2.54. The third kappa shape index (κ3) is 1.92. The van der Waals surface area contributed by atoms with Crippen LogP contribution in [0.3, 0.4) is 0 Å². The molecular weight excluding hydrogens is 184 g/mol. The van der Waals surface area contributed by atoms with Crippen LogP contribution in [0.2, 0.25) is 0 Å². The van der Waals surface area contributed by atoms with Crippen LogP contribution in [0.15, 0.2) is 22.6 Å². The van der Waals surface area contributed by atoms with Crippen LogP contribution in [0.1, 0.15) is 30.7 Å². The Morgan fingerprint density at radius 1 is 1.20 bits per heavy atom. The lowest BCUT2D eigenvalue weighted by molar-refractivity contribution is 0.496. The normalized spacial score (nSPS) is 11.5. The standard InChI is InChI=1S/C14H18O/c1-9(2)7-14-11(4)12-8-10(3)5-6-13(12)15-14/h5-6,8-9H,7H2,1-4H3. The summed E-state index contributed by atoms with van der Waals surface area (Å²) in [6, 6.07) is 6.38. The molecule has 1 heteroatoms. The van der Waals surface area contributed by atoms with Gasteiger partial charge in [0.1, 0.15) is 11.3 Å².